The predicted octanol–water partition coefficient (Wildman–Crippen LogP) is 1.75. The van der Waals surface area contributed by atoms with E-state index < -0.39 is 6.43 Å². The van der Waals surface area contributed by atoms with Crippen molar-refractivity contribution in [3.63, 3.8) is 0 Å². The van der Waals surface area contributed by atoms with Crippen molar-refractivity contribution in [2.45, 2.75) is 25.3 Å². The largest absolute Gasteiger partial charge is 0.315 e. The van der Waals surface area contributed by atoms with Crippen molar-refractivity contribution in [1.82, 2.24) is 15.1 Å². The lowest BCUT2D eigenvalue weighted by atomic mass is 10.1. The van der Waals surface area contributed by atoms with Gasteiger partial charge in [0.2, 0.25) is 0 Å². The molecular formula is C9H13F2N3. The van der Waals surface area contributed by atoms with Crippen LogP contribution >= 0.6 is 0 Å². The van der Waals surface area contributed by atoms with Crippen LogP contribution in [0.4, 0.5) is 8.78 Å². The highest BCUT2D eigenvalue weighted by Crippen LogP contribution is 2.21. The lowest BCUT2D eigenvalue weighted by Gasteiger charge is -2.22. The van der Waals surface area contributed by atoms with E-state index in [1.165, 1.54) is 12.4 Å². The predicted molar refractivity (Wildman–Crippen MR) is 48.3 cm³/mol. The zero-order chi connectivity index (χ0) is 9.97. The van der Waals surface area contributed by atoms with Crippen molar-refractivity contribution in [2.24, 2.45) is 0 Å². The molecule has 5 heteroatoms. The number of piperidine rings is 1. The smallest absolute Gasteiger partial charge is 0.266 e. The van der Waals surface area contributed by atoms with Crippen LogP contribution in [-0.4, -0.2) is 22.9 Å². The van der Waals surface area contributed by atoms with Crippen molar-refractivity contribution < 1.29 is 8.78 Å². The van der Waals surface area contributed by atoms with Crippen LogP contribution < -0.4 is 5.32 Å². The molecule has 78 valence electrons. The molecule has 1 atom stereocenters. The summed E-state index contributed by atoms with van der Waals surface area (Å²) in [4.78, 5) is 0. The fraction of sp³-hybridized carbons (Fsp3) is 0.667. The highest BCUT2D eigenvalue weighted by molar-refractivity contribution is 5.06. The van der Waals surface area contributed by atoms with E-state index in [2.05, 4.69) is 10.4 Å². The zero-order valence-corrected chi connectivity index (χ0v) is 7.79. The van der Waals surface area contributed by atoms with Crippen molar-refractivity contribution in [3.8, 4) is 0 Å². The Labute approximate surface area is 81.1 Å². The Morgan fingerprint density at radius 1 is 1.57 bits per heavy atom. The molecular weight excluding hydrogens is 188 g/mol. The molecule has 0 saturated carbocycles. The number of nitrogens with zero attached hydrogens (tertiary/aromatic N) is 2. The average molecular weight is 201 g/mol. The fourth-order valence-electron chi connectivity index (χ4n) is 1.72. The van der Waals surface area contributed by atoms with E-state index in [-0.39, 0.29) is 11.6 Å². The van der Waals surface area contributed by atoms with Gasteiger partial charge in [-0.15, -0.1) is 0 Å². The number of nitrogens with one attached hydrogen (secondary N) is 1. The second kappa shape index (κ2) is 4.04. The standard InChI is InChI=1S/C9H13F2N3/c10-9(11)7-4-13-14(6-7)8-2-1-3-12-5-8/h4,6,8-9,12H,1-3,5H2. The second-order valence-corrected chi connectivity index (χ2v) is 3.55. The Balaban J connectivity index is 2.07. The van der Waals surface area contributed by atoms with Crippen molar-refractivity contribution >= 4 is 0 Å². The van der Waals surface area contributed by atoms with Gasteiger partial charge < -0.3 is 5.32 Å². The Bertz CT molecular complexity index is 292. The molecule has 1 saturated heterocycles. The average Bonchev–Trinajstić information content (AvgIpc) is 2.68. The number of halogens is 2. The third-order valence-corrected chi connectivity index (χ3v) is 2.52. The quantitative estimate of drug-likeness (QED) is 0.790. The first-order valence-corrected chi connectivity index (χ1v) is 4.80. The highest BCUT2D eigenvalue weighted by Gasteiger charge is 2.17. The van der Waals surface area contributed by atoms with Crippen molar-refractivity contribution in [2.75, 3.05) is 13.1 Å². The van der Waals surface area contributed by atoms with Crippen LogP contribution in [0.5, 0.6) is 0 Å². The molecule has 0 aliphatic carbocycles. The summed E-state index contributed by atoms with van der Waals surface area (Å²) in [6, 6.07) is 0.233. The lowest BCUT2D eigenvalue weighted by Crippen LogP contribution is -2.31. The Kier molecular flexibility index (Phi) is 2.77. The topological polar surface area (TPSA) is 29.9 Å². The molecule has 1 unspecified atom stereocenters. The van der Waals surface area contributed by atoms with E-state index in [0.29, 0.717) is 0 Å². The van der Waals surface area contributed by atoms with Crippen LogP contribution in [0.3, 0.4) is 0 Å². The summed E-state index contributed by atoms with van der Waals surface area (Å²) in [5.74, 6) is 0. The molecule has 0 aromatic carbocycles. The second-order valence-electron chi connectivity index (χ2n) is 3.55. The number of rotatable bonds is 2. The number of hydrogen-bond acceptors (Lipinski definition) is 2. The molecule has 1 aliphatic heterocycles. The summed E-state index contributed by atoms with van der Waals surface area (Å²) < 4.78 is 26.2. The van der Waals surface area contributed by atoms with Crippen molar-refractivity contribution in [3.05, 3.63) is 18.0 Å². The van der Waals surface area contributed by atoms with Gasteiger partial charge in [-0.2, -0.15) is 5.10 Å². The number of alkyl halides is 2. The molecule has 3 nitrogen and oxygen atoms in total. The van der Waals surface area contributed by atoms with Gasteiger partial charge in [-0.3, -0.25) is 4.68 Å². The van der Waals surface area contributed by atoms with Gasteiger partial charge in [-0.1, -0.05) is 0 Å². The van der Waals surface area contributed by atoms with Crippen LogP contribution in [-0.2, 0) is 0 Å². The molecule has 0 bridgehead atoms. The molecule has 1 fully saturated rings. The van der Waals surface area contributed by atoms with Gasteiger partial charge in [0.05, 0.1) is 17.8 Å². The summed E-state index contributed by atoms with van der Waals surface area (Å²) in [7, 11) is 0. The maximum Gasteiger partial charge on any atom is 0.266 e. The van der Waals surface area contributed by atoms with Gasteiger partial charge in [0.15, 0.2) is 0 Å². The fourth-order valence-corrected chi connectivity index (χ4v) is 1.72. The molecule has 1 N–H and O–H groups in total. The minimum Gasteiger partial charge on any atom is -0.315 e. The molecule has 0 radical (unpaired) electrons. The highest BCUT2D eigenvalue weighted by atomic mass is 19.3. The van der Waals surface area contributed by atoms with E-state index in [9.17, 15) is 8.78 Å². The first kappa shape index (κ1) is 9.58. The van der Waals surface area contributed by atoms with Crippen LogP contribution in [0, 0.1) is 0 Å². The molecule has 1 aromatic rings. The third-order valence-electron chi connectivity index (χ3n) is 2.52. The molecule has 0 spiro atoms. The summed E-state index contributed by atoms with van der Waals surface area (Å²) in [5.41, 5.74) is 0.00979. The van der Waals surface area contributed by atoms with Gasteiger partial charge in [0, 0.05) is 12.7 Å². The molecule has 14 heavy (non-hydrogen) atoms. The van der Waals surface area contributed by atoms with Gasteiger partial charge >= 0.3 is 0 Å². The third kappa shape index (κ3) is 1.92. The molecule has 0 amide bonds. The van der Waals surface area contributed by atoms with Gasteiger partial charge in [-0.05, 0) is 19.4 Å². The lowest BCUT2D eigenvalue weighted by molar-refractivity contribution is 0.151. The molecule has 2 rings (SSSR count). The Hall–Kier alpha value is -0.970. The molecule has 1 aromatic heterocycles. The summed E-state index contributed by atoms with van der Waals surface area (Å²) in [5, 5.41) is 7.18. The first-order chi connectivity index (χ1) is 6.77. The maximum absolute atomic E-state index is 12.3. The van der Waals surface area contributed by atoms with E-state index in [4.69, 9.17) is 0 Å². The van der Waals surface area contributed by atoms with Crippen LogP contribution in [0.1, 0.15) is 30.9 Å². The summed E-state index contributed by atoms with van der Waals surface area (Å²) in [6.07, 6.45) is 2.37. The normalized spacial score (nSPS) is 22.9. The van der Waals surface area contributed by atoms with Gasteiger partial charge in [0.25, 0.3) is 6.43 Å². The van der Waals surface area contributed by atoms with E-state index in [1.54, 1.807) is 4.68 Å². The minimum absolute atomic E-state index is 0.00979. The monoisotopic (exact) mass is 201 g/mol. The molecule has 1 aliphatic rings. The van der Waals surface area contributed by atoms with Crippen LogP contribution in [0.2, 0.25) is 0 Å². The SMILES string of the molecule is FC(F)c1cnn(C2CCCNC2)c1. The van der Waals surface area contributed by atoms with Crippen molar-refractivity contribution in [1.29, 1.82) is 0 Å². The Morgan fingerprint density at radius 3 is 3.00 bits per heavy atom. The maximum atomic E-state index is 12.3. The Morgan fingerprint density at radius 2 is 2.43 bits per heavy atom. The minimum atomic E-state index is -2.42. The summed E-state index contributed by atoms with van der Waals surface area (Å²) in [6.45, 7) is 1.84. The zero-order valence-electron chi connectivity index (χ0n) is 7.79. The van der Waals surface area contributed by atoms with E-state index in [0.717, 1.165) is 25.9 Å². The number of hydrogen-bond donors (Lipinski definition) is 1. The van der Waals surface area contributed by atoms with Gasteiger partial charge in [0.1, 0.15) is 0 Å². The summed E-state index contributed by atoms with van der Waals surface area (Å²) >= 11 is 0. The van der Waals surface area contributed by atoms with E-state index in [1.807, 2.05) is 0 Å². The van der Waals surface area contributed by atoms with Crippen LogP contribution in [0.15, 0.2) is 12.4 Å². The number of aromatic nitrogens is 2. The first-order valence-electron chi connectivity index (χ1n) is 4.80. The van der Waals surface area contributed by atoms with Crippen LogP contribution in [0.25, 0.3) is 0 Å². The van der Waals surface area contributed by atoms with Gasteiger partial charge in [-0.25, -0.2) is 8.78 Å². The molecule has 2 heterocycles. The van der Waals surface area contributed by atoms with E-state index >= 15 is 0 Å².